The molecule has 1 aliphatic heterocycles. The van der Waals surface area contributed by atoms with Crippen molar-refractivity contribution in [2.75, 3.05) is 6.54 Å². The van der Waals surface area contributed by atoms with Gasteiger partial charge in [0.1, 0.15) is 0 Å². The fraction of sp³-hybridized carbons (Fsp3) is 0.333. The molecule has 1 N–H and O–H groups in total. The summed E-state index contributed by atoms with van der Waals surface area (Å²) >= 11 is 0. The molecule has 0 unspecified atom stereocenters. The molecule has 0 atom stereocenters. The Morgan fingerprint density at radius 1 is 1.23 bits per heavy atom. The van der Waals surface area contributed by atoms with Crippen LogP contribution in [0.4, 0.5) is 0 Å². The largest absolute Gasteiger partial charge is 0.391 e. The lowest BCUT2D eigenvalue weighted by molar-refractivity contribution is 0.745. The smallest absolute Gasteiger partial charge is 0.0144 e. The van der Waals surface area contributed by atoms with Crippen molar-refractivity contribution in [1.29, 1.82) is 0 Å². The zero-order valence-corrected chi connectivity index (χ0v) is 8.01. The SMILES string of the molecule is C/C1=C/NCCCc2ccccc21. The number of hydrogen-bond acceptors (Lipinski definition) is 1. The van der Waals surface area contributed by atoms with Crippen LogP contribution < -0.4 is 5.32 Å². The number of benzene rings is 1. The van der Waals surface area contributed by atoms with Gasteiger partial charge < -0.3 is 5.32 Å². The van der Waals surface area contributed by atoms with E-state index in [1.807, 2.05) is 0 Å². The first-order chi connectivity index (χ1) is 6.38. The van der Waals surface area contributed by atoms with Gasteiger partial charge in [0, 0.05) is 6.54 Å². The molecule has 0 saturated carbocycles. The van der Waals surface area contributed by atoms with E-state index in [4.69, 9.17) is 0 Å². The van der Waals surface area contributed by atoms with E-state index in [0.29, 0.717) is 0 Å². The predicted octanol–water partition coefficient (Wildman–Crippen LogP) is 2.58. The maximum atomic E-state index is 3.32. The van der Waals surface area contributed by atoms with E-state index in [1.165, 1.54) is 29.5 Å². The van der Waals surface area contributed by atoms with Gasteiger partial charge in [-0.3, -0.25) is 0 Å². The van der Waals surface area contributed by atoms with E-state index >= 15 is 0 Å². The number of fused-ring (bicyclic) bond motifs is 1. The van der Waals surface area contributed by atoms with Crippen molar-refractivity contribution in [1.82, 2.24) is 5.32 Å². The number of rotatable bonds is 0. The first-order valence-corrected chi connectivity index (χ1v) is 4.86. The van der Waals surface area contributed by atoms with Crippen LogP contribution in [0.1, 0.15) is 24.5 Å². The molecule has 0 aliphatic carbocycles. The molecule has 0 spiro atoms. The van der Waals surface area contributed by atoms with Crippen LogP contribution in [0.3, 0.4) is 0 Å². The Hall–Kier alpha value is -1.24. The van der Waals surface area contributed by atoms with E-state index in [1.54, 1.807) is 0 Å². The van der Waals surface area contributed by atoms with E-state index < -0.39 is 0 Å². The second kappa shape index (κ2) is 3.65. The van der Waals surface area contributed by atoms with Crippen LogP contribution >= 0.6 is 0 Å². The lowest BCUT2D eigenvalue weighted by atomic mass is 9.97. The van der Waals surface area contributed by atoms with Crippen LogP contribution in [-0.2, 0) is 6.42 Å². The van der Waals surface area contributed by atoms with Crippen molar-refractivity contribution in [2.45, 2.75) is 19.8 Å². The Balaban J connectivity index is 2.44. The third-order valence-corrected chi connectivity index (χ3v) is 2.53. The van der Waals surface area contributed by atoms with Crippen molar-refractivity contribution in [3.8, 4) is 0 Å². The molecule has 1 heteroatoms. The number of nitrogens with one attached hydrogen (secondary N) is 1. The maximum Gasteiger partial charge on any atom is 0.0144 e. The van der Waals surface area contributed by atoms with Gasteiger partial charge in [-0.05, 0) is 42.7 Å². The minimum Gasteiger partial charge on any atom is -0.391 e. The van der Waals surface area contributed by atoms with Crippen LogP contribution in [0.5, 0.6) is 0 Å². The van der Waals surface area contributed by atoms with Gasteiger partial charge in [0.25, 0.3) is 0 Å². The molecule has 0 fully saturated rings. The van der Waals surface area contributed by atoms with Crippen LogP contribution in [-0.4, -0.2) is 6.54 Å². The Kier molecular flexibility index (Phi) is 2.35. The number of hydrogen-bond donors (Lipinski definition) is 1. The molecule has 1 heterocycles. The monoisotopic (exact) mass is 173 g/mol. The lowest BCUT2D eigenvalue weighted by Crippen LogP contribution is -2.11. The summed E-state index contributed by atoms with van der Waals surface area (Å²) in [5.41, 5.74) is 4.22. The van der Waals surface area contributed by atoms with Gasteiger partial charge in [-0.2, -0.15) is 0 Å². The average molecular weight is 173 g/mol. The molecule has 1 nitrogen and oxygen atoms in total. The fourth-order valence-electron chi connectivity index (χ4n) is 1.81. The summed E-state index contributed by atoms with van der Waals surface area (Å²) in [5, 5.41) is 3.32. The highest BCUT2D eigenvalue weighted by molar-refractivity contribution is 5.66. The van der Waals surface area contributed by atoms with Crippen molar-refractivity contribution in [2.24, 2.45) is 0 Å². The van der Waals surface area contributed by atoms with E-state index in [9.17, 15) is 0 Å². The van der Waals surface area contributed by atoms with Gasteiger partial charge in [-0.25, -0.2) is 0 Å². The molecule has 13 heavy (non-hydrogen) atoms. The summed E-state index contributed by atoms with van der Waals surface area (Å²) in [4.78, 5) is 0. The summed E-state index contributed by atoms with van der Waals surface area (Å²) in [6.07, 6.45) is 4.53. The maximum absolute atomic E-state index is 3.32. The third kappa shape index (κ3) is 1.74. The van der Waals surface area contributed by atoms with Crippen molar-refractivity contribution in [3.63, 3.8) is 0 Å². The molecular weight excluding hydrogens is 158 g/mol. The zero-order chi connectivity index (χ0) is 9.10. The van der Waals surface area contributed by atoms with Gasteiger partial charge >= 0.3 is 0 Å². The Labute approximate surface area is 79.5 Å². The molecule has 0 aromatic heterocycles. The van der Waals surface area contributed by atoms with Crippen LogP contribution in [0, 0.1) is 0 Å². The van der Waals surface area contributed by atoms with Crippen molar-refractivity contribution in [3.05, 3.63) is 41.6 Å². The first kappa shape index (κ1) is 8.36. The molecule has 1 aromatic rings. The van der Waals surface area contributed by atoms with Gasteiger partial charge in [-0.15, -0.1) is 0 Å². The Morgan fingerprint density at radius 3 is 3.00 bits per heavy atom. The third-order valence-electron chi connectivity index (χ3n) is 2.53. The molecule has 1 aromatic carbocycles. The molecule has 2 rings (SSSR count). The van der Waals surface area contributed by atoms with Gasteiger partial charge in [0.2, 0.25) is 0 Å². The molecule has 0 amide bonds. The zero-order valence-electron chi connectivity index (χ0n) is 8.01. The number of aryl methyl sites for hydroxylation is 1. The van der Waals surface area contributed by atoms with E-state index in [-0.39, 0.29) is 0 Å². The minimum absolute atomic E-state index is 1.09. The summed E-state index contributed by atoms with van der Waals surface area (Å²) < 4.78 is 0. The molecule has 0 bridgehead atoms. The lowest BCUT2D eigenvalue weighted by Gasteiger charge is -2.13. The first-order valence-electron chi connectivity index (χ1n) is 4.86. The normalized spacial score (nSPS) is 20.2. The quantitative estimate of drug-likeness (QED) is 0.636. The van der Waals surface area contributed by atoms with Gasteiger partial charge in [0.05, 0.1) is 0 Å². The summed E-state index contributed by atoms with van der Waals surface area (Å²) in [7, 11) is 0. The summed E-state index contributed by atoms with van der Waals surface area (Å²) in [5.74, 6) is 0. The van der Waals surface area contributed by atoms with Crippen LogP contribution in [0.2, 0.25) is 0 Å². The summed E-state index contributed by atoms with van der Waals surface area (Å²) in [6.45, 7) is 3.25. The van der Waals surface area contributed by atoms with E-state index in [2.05, 4.69) is 42.7 Å². The van der Waals surface area contributed by atoms with Gasteiger partial charge in [-0.1, -0.05) is 24.3 Å². The fourth-order valence-corrected chi connectivity index (χ4v) is 1.81. The molecular formula is C12H15N. The second-order valence-corrected chi connectivity index (χ2v) is 3.54. The highest BCUT2D eigenvalue weighted by Gasteiger charge is 2.05. The Morgan fingerprint density at radius 2 is 2.08 bits per heavy atom. The minimum atomic E-state index is 1.09. The number of allylic oxidation sites excluding steroid dienone is 1. The summed E-state index contributed by atoms with van der Waals surface area (Å²) in [6, 6.07) is 8.67. The highest BCUT2D eigenvalue weighted by Crippen LogP contribution is 2.20. The average Bonchev–Trinajstić information content (AvgIpc) is 2.14. The predicted molar refractivity (Wildman–Crippen MR) is 56.4 cm³/mol. The van der Waals surface area contributed by atoms with E-state index in [0.717, 1.165) is 6.54 Å². The highest BCUT2D eigenvalue weighted by atomic mass is 14.8. The van der Waals surface area contributed by atoms with Crippen molar-refractivity contribution < 1.29 is 0 Å². The molecule has 68 valence electrons. The Bertz CT molecular complexity index is 326. The molecule has 0 radical (unpaired) electrons. The topological polar surface area (TPSA) is 12.0 Å². The molecule has 1 aliphatic rings. The van der Waals surface area contributed by atoms with Crippen LogP contribution in [0.15, 0.2) is 30.5 Å². The molecule has 0 saturated heterocycles. The second-order valence-electron chi connectivity index (χ2n) is 3.54. The van der Waals surface area contributed by atoms with Crippen molar-refractivity contribution >= 4 is 5.57 Å². The van der Waals surface area contributed by atoms with Crippen LogP contribution in [0.25, 0.3) is 5.57 Å². The van der Waals surface area contributed by atoms with Gasteiger partial charge in [0.15, 0.2) is 0 Å². The standard InChI is InChI=1S/C12H15N/c1-10-9-13-8-4-6-11-5-2-3-7-12(10)11/h2-3,5,7,9,13H,4,6,8H2,1H3/b10-9-.